The molecule has 0 saturated carbocycles. The van der Waals surface area contributed by atoms with Crippen molar-refractivity contribution in [3.8, 4) is 17.2 Å². The lowest BCUT2D eigenvalue weighted by atomic mass is 9.90. The van der Waals surface area contributed by atoms with Gasteiger partial charge in [0.25, 0.3) is 5.56 Å². The fourth-order valence-electron chi connectivity index (χ4n) is 3.91. The van der Waals surface area contributed by atoms with Crippen LogP contribution in [0, 0.1) is 0 Å². The largest absolute Gasteiger partial charge is 0.496 e. The van der Waals surface area contributed by atoms with Crippen molar-refractivity contribution in [2.24, 2.45) is 7.05 Å². The molecule has 3 heterocycles. The molecule has 1 aromatic carbocycles. The summed E-state index contributed by atoms with van der Waals surface area (Å²) in [6.45, 7) is 3.98. The Morgan fingerprint density at radius 3 is 2.48 bits per heavy atom. The van der Waals surface area contributed by atoms with Crippen LogP contribution < -0.4 is 19.8 Å². The first-order valence-corrected chi connectivity index (χ1v) is 9.49. The molecule has 0 N–H and O–H groups in total. The number of fused-ring (bicyclic) bond motifs is 1. The third-order valence-electron chi connectivity index (χ3n) is 5.53. The van der Waals surface area contributed by atoms with Gasteiger partial charge in [-0.25, -0.2) is 0 Å². The fraction of sp³-hybridized carbons (Fsp3) is 0.476. The highest BCUT2D eigenvalue weighted by Crippen LogP contribution is 2.38. The maximum atomic E-state index is 11.9. The maximum Gasteiger partial charge on any atom is 0.250 e. The van der Waals surface area contributed by atoms with Crippen LogP contribution in [0.5, 0.6) is 17.2 Å². The highest BCUT2D eigenvalue weighted by atomic mass is 16.6. The van der Waals surface area contributed by atoms with Crippen LogP contribution in [0.1, 0.15) is 29.9 Å². The summed E-state index contributed by atoms with van der Waals surface area (Å²) in [6, 6.07) is 7.83. The zero-order valence-electron chi connectivity index (χ0n) is 15.9. The van der Waals surface area contributed by atoms with Crippen molar-refractivity contribution < 1.29 is 14.2 Å². The van der Waals surface area contributed by atoms with Gasteiger partial charge in [0, 0.05) is 37.5 Å². The third kappa shape index (κ3) is 3.81. The van der Waals surface area contributed by atoms with E-state index in [0.717, 1.165) is 60.9 Å². The van der Waals surface area contributed by atoms with Crippen LogP contribution in [0.2, 0.25) is 0 Å². The number of pyridine rings is 1. The van der Waals surface area contributed by atoms with Gasteiger partial charge in [0.05, 0.1) is 7.11 Å². The molecule has 0 bridgehead atoms. The Kier molecular flexibility index (Phi) is 5.07. The summed E-state index contributed by atoms with van der Waals surface area (Å²) >= 11 is 0. The van der Waals surface area contributed by atoms with Crippen molar-refractivity contribution >= 4 is 0 Å². The molecular weight excluding hydrogens is 344 g/mol. The summed E-state index contributed by atoms with van der Waals surface area (Å²) in [5, 5.41) is 0. The molecule has 0 amide bonds. The number of aromatic nitrogens is 1. The molecule has 0 spiro atoms. The number of piperidine rings is 1. The summed E-state index contributed by atoms with van der Waals surface area (Å²) in [6.07, 6.45) is 3.98. The van der Waals surface area contributed by atoms with Crippen LogP contribution in [0.15, 0.2) is 35.3 Å². The van der Waals surface area contributed by atoms with Crippen molar-refractivity contribution in [2.45, 2.75) is 25.3 Å². The molecule has 1 fully saturated rings. The maximum absolute atomic E-state index is 11.9. The second-order valence-corrected chi connectivity index (χ2v) is 7.27. The molecule has 6 nitrogen and oxygen atoms in total. The first kappa shape index (κ1) is 17.9. The van der Waals surface area contributed by atoms with Crippen molar-refractivity contribution in [1.29, 1.82) is 0 Å². The van der Waals surface area contributed by atoms with E-state index in [1.165, 1.54) is 0 Å². The Balaban J connectivity index is 1.43. The van der Waals surface area contributed by atoms with Gasteiger partial charge in [-0.15, -0.1) is 0 Å². The molecular formula is C21H26N2O4. The zero-order valence-corrected chi connectivity index (χ0v) is 15.9. The van der Waals surface area contributed by atoms with E-state index in [2.05, 4.69) is 11.0 Å². The molecule has 0 radical (unpaired) electrons. The molecule has 1 saturated heterocycles. The minimum Gasteiger partial charge on any atom is -0.496 e. The summed E-state index contributed by atoms with van der Waals surface area (Å²) < 4.78 is 18.6. The van der Waals surface area contributed by atoms with Gasteiger partial charge < -0.3 is 18.8 Å². The van der Waals surface area contributed by atoms with Gasteiger partial charge in [-0.3, -0.25) is 9.69 Å². The first-order chi connectivity index (χ1) is 13.1. The average molecular weight is 370 g/mol. The molecule has 4 rings (SSSR count). The van der Waals surface area contributed by atoms with Crippen molar-refractivity contribution in [2.75, 3.05) is 33.4 Å². The smallest absolute Gasteiger partial charge is 0.250 e. The lowest BCUT2D eigenvalue weighted by Gasteiger charge is -2.32. The van der Waals surface area contributed by atoms with Gasteiger partial charge in [-0.2, -0.15) is 0 Å². The van der Waals surface area contributed by atoms with E-state index in [4.69, 9.17) is 14.2 Å². The van der Waals surface area contributed by atoms with E-state index in [1.807, 2.05) is 18.3 Å². The summed E-state index contributed by atoms with van der Waals surface area (Å²) in [5.41, 5.74) is 2.35. The number of hydrogen-bond acceptors (Lipinski definition) is 5. The van der Waals surface area contributed by atoms with E-state index in [9.17, 15) is 4.79 Å². The van der Waals surface area contributed by atoms with E-state index in [0.29, 0.717) is 19.1 Å². The van der Waals surface area contributed by atoms with Crippen LogP contribution >= 0.6 is 0 Å². The minimum absolute atomic E-state index is 0.0657. The number of aryl methyl sites for hydroxylation is 1. The molecule has 2 aliphatic heterocycles. The lowest BCUT2D eigenvalue weighted by Crippen LogP contribution is -2.33. The predicted octanol–water partition coefficient (Wildman–Crippen LogP) is 2.54. The quantitative estimate of drug-likeness (QED) is 0.828. The van der Waals surface area contributed by atoms with E-state index in [1.54, 1.807) is 24.8 Å². The van der Waals surface area contributed by atoms with E-state index in [-0.39, 0.29) is 5.56 Å². The van der Waals surface area contributed by atoms with E-state index >= 15 is 0 Å². The number of likely N-dealkylation sites (tertiary alicyclic amines) is 1. The van der Waals surface area contributed by atoms with Crippen molar-refractivity contribution in [1.82, 2.24) is 9.47 Å². The molecule has 2 aromatic rings. The molecule has 144 valence electrons. The molecule has 0 aliphatic carbocycles. The third-order valence-corrected chi connectivity index (χ3v) is 5.53. The fourth-order valence-corrected chi connectivity index (χ4v) is 3.91. The molecule has 27 heavy (non-hydrogen) atoms. The molecule has 1 aromatic heterocycles. The SMILES string of the molecule is COc1cc2c(cc1CN1CCC(c3ccn(C)c(=O)c3)CC1)OCCO2. The molecule has 0 unspecified atom stereocenters. The Bertz CT molecular complexity index is 869. The average Bonchev–Trinajstić information content (AvgIpc) is 2.70. The Hall–Kier alpha value is -2.47. The number of hydrogen-bond donors (Lipinski definition) is 0. The second-order valence-electron chi connectivity index (χ2n) is 7.27. The Labute approximate surface area is 159 Å². The number of methoxy groups -OCH3 is 1. The standard InChI is InChI=1S/C21H26N2O4/c1-22-6-3-16(12-21(22)24)15-4-7-23(8-5-15)14-17-11-19-20(13-18(17)25-2)27-10-9-26-19/h3,6,11-13,15H,4-5,7-10,14H2,1-2H3. The summed E-state index contributed by atoms with van der Waals surface area (Å²) in [4.78, 5) is 14.3. The first-order valence-electron chi connectivity index (χ1n) is 9.49. The zero-order chi connectivity index (χ0) is 18.8. The van der Waals surface area contributed by atoms with Crippen molar-refractivity contribution in [3.63, 3.8) is 0 Å². The van der Waals surface area contributed by atoms with Gasteiger partial charge >= 0.3 is 0 Å². The molecule has 6 heteroatoms. The minimum atomic E-state index is 0.0657. The van der Waals surface area contributed by atoms with Crippen molar-refractivity contribution in [3.05, 3.63) is 51.9 Å². The topological polar surface area (TPSA) is 52.9 Å². The summed E-state index contributed by atoms with van der Waals surface area (Å²) in [5.74, 6) is 2.85. The molecule has 2 aliphatic rings. The van der Waals surface area contributed by atoms with Gasteiger partial charge in [-0.1, -0.05) is 0 Å². The highest BCUT2D eigenvalue weighted by molar-refractivity contribution is 5.51. The van der Waals surface area contributed by atoms with Gasteiger partial charge in [-0.05, 0) is 49.5 Å². The van der Waals surface area contributed by atoms with E-state index < -0.39 is 0 Å². The lowest BCUT2D eigenvalue weighted by molar-refractivity contribution is 0.169. The van der Waals surface area contributed by atoms with Gasteiger partial charge in [0.1, 0.15) is 19.0 Å². The highest BCUT2D eigenvalue weighted by Gasteiger charge is 2.23. The van der Waals surface area contributed by atoms with Gasteiger partial charge in [0.2, 0.25) is 0 Å². The number of ether oxygens (including phenoxy) is 3. The van der Waals surface area contributed by atoms with Crippen LogP contribution in [0.25, 0.3) is 0 Å². The number of benzene rings is 1. The van der Waals surface area contributed by atoms with Crippen LogP contribution in [-0.2, 0) is 13.6 Å². The normalized spacial score (nSPS) is 17.7. The van der Waals surface area contributed by atoms with Gasteiger partial charge in [0.15, 0.2) is 11.5 Å². The number of rotatable bonds is 4. The monoisotopic (exact) mass is 370 g/mol. The van der Waals surface area contributed by atoms with Crippen LogP contribution in [-0.4, -0.2) is 42.9 Å². The van der Waals surface area contributed by atoms with Crippen LogP contribution in [0.3, 0.4) is 0 Å². The second kappa shape index (κ2) is 7.64. The number of nitrogens with zero attached hydrogens (tertiary/aromatic N) is 2. The summed E-state index contributed by atoms with van der Waals surface area (Å²) in [7, 11) is 3.48. The molecule has 0 atom stereocenters. The van der Waals surface area contributed by atoms with Crippen LogP contribution in [0.4, 0.5) is 0 Å². The predicted molar refractivity (Wildman–Crippen MR) is 103 cm³/mol. The Morgan fingerprint density at radius 2 is 1.81 bits per heavy atom. The Morgan fingerprint density at radius 1 is 1.11 bits per heavy atom.